The summed E-state index contributed by atoms with van der Waals surface area (Å²) in [5.74, 6) is 2.79. The smallest absolute Gasteiger partial charge is 0.272 e. The molecule has 1 unspecified atom stereocenters. The molecule has 2 aromatic carbocycles. The van der Waals surface area contributed by atoms with Gasteiger partial charge in [-0.1, -0.05) is 57.4 Å². The van der Waals surface area contributed by atoms with E-state index in [1.165, 1.54) is 70.3 Å². The number of aromatic amines is 1. The van der Waals surface area contributed by atoms with Gasteiger partial charge in [-0.3, -0.25) is 14.4 Å². The number of rotatable bonds is 10. The third-order valence-corrected chi connectivity index (χ3v) is 15.2. The fraction of sp³-hybridized carbons (Fsp3) is 0.644. The van der Waals surface area contributed by atoms with E-state index in [9.17, 15) is 18.8 Å². The molecule has 8 nitrogen and oxygen atoms in total. The van der Waals surface area contributed by atoms with Gasteiger partial charge in [0.2, 0.25) is 5.91 Å². The molecule has 5 aliphatic rings. The lowest BCUT2D eigenvalue weighted by Gasteiger charge is -2.60. The Morgan fingerprint density at radius 2 is 1.63 bits per heavy atom. The van der Waals surface area contributed by atoms with Gasteiger partial charge in [0.15, 0.2) is 0 Å². The van der Waals surface area contributed by atoms with E-state index in [-0.39, 0.29) is 22.9 Å². The molecule has 2 amide bonds. The van der Waals surface area contributed by atoms with E-state index in [2.05, 4.69) is 24.0 Å². The number of ether oxygens (including phenoxy) is 1. The number of halogens is 1. The molecular formula is C45H59FN4O4. The number of aromatic nitrogens is 2. The molecule has 4 aliphatic carbocycles. The number of fused-ring (bicyclic) bond motifs is 6. The first-order valence-electron chi connectivity index (χ1n) is 21.1. The zero-order valence-electron chi connectivity index (χ0n) is 32.4. The van der Waals surface area contributed by atoms with Gasteiger partial charge < -0.3 is 14.5 Å². The van der Waals surface area contributed by atoms with Crippen LogP contribution >= 0.6 is 0 Å². The molecule has 9 heteroatoms. The van der Waals surface area contributed by atoms with Crippen molar-refractivity contribution in [1.29, 1.82) is 0 Å². The first kappa shape index (κ1) is 37.3. The molecule has 8 rings (SSSR count). The second-order valence-corrected chi connectivity index (χ2v) is 17.9. The van der Waals surface area contributed by atoms with E-state index >= 15 is 0 Å². The Kier molecular flexibility index (Phi) is 10.7. The van der Waals surface area contributed by atoms with Crippen LogP contribution in [0.15, 0.2) is 47.3 Å². The highest BCUT2D eigenvalue weighted by Gasteiger charge is 2.60. The maximum atomic E-state index is 15.0. The number of benzene rings is 2. The number of carbonyl (C=O) groups excluding carboxylic acids is 2. The summed E-state index contributed by atoms with van der Waals surface area (Å²) in [5.41, 5.74) is 2.03. The lowest BCUT2D eigenvalue weighted by Crippen LogP contribution is -2.53. The summed E-state index contributed by atoms with van der Waals surface area (Å²) < 4.78 is 21.6. The minimum atomic E-state index is -0.573. The molecule has 1 saturated heterocycles. The van der Waals surface area contributed by atoms with Crippen LogP contribution in [0.4, 0.5) is 4.39 Å². The number of amides is 2. The van der Waals surface area contributed by atoms with Crippen LogP contribution in [0.25, 0.3) is 10.8 Å². The summed E-state index contributed by atoms with van der Waals surface area (Å²) in [6.07, 6.45) is 18.0. The average Bonchev–Trinajstić information content (AvgIpc) is 3.53. The van der Waals surface area contributed by atoms with Crippen LogP contribution in [-0.4, -0.2) is 70.7 Å². The number of carbonyl (C=O) groups is 2. The van der Waals surface area contributed by atoms with Gasteiger partial charge in [-0.2, -0.15) is 5.10 Å². The summed E-state index contributed by atoms with van der Waals surface area (Å²) in [6, 6.07) is 11.8. The maximum Gasteiger partial charge on any atom is 0.272 e. The third-order valence-electron chi connectivity index (χ3n) is 15.2. The maximum absolute atomic E-state index is 15.0. The molecule has 0 spiro atoms. The first-order chi connectivity index (χ1) is 26.2. The van der Waals surface area contributed by atoms with Crippen molar-refractivity contribution in [2.24, 2.45) is 34.5 Å². The molecule has 54 heavy (non-hydrogen) atoms. The molecule has 1 N–H and O–H groups in total. The first-order valence-corrected chi connectivity index (χ1v) is 21.1. The van der Waals surface area contributed by atoms with E-state index in [0.717, 1.165) is 60.5 Å². The molecule has 2 heterocycles. The Labute approximate surface area is 319 Å². The van der Waals surface area contributed by atoms with Gasteiger partial charge in [0.25, 0.3) is 11.5 Å². The van der Waals surface area contributed by atoms with Crippen LogP contribution in [0.2, 0.25) is 0 Å². The number of unbranched alkanes of at least 4 members (excludes halogenated alkanes) is 2. The molecule has 7 atom stereocenters. The van der Waals surface area contributed by atoms with Crippen molar-refractivity contribution in [3.63, 3.8) is 0 Å². The standard InChI is InChI=1S/C45H59FN4O4/c1-44-21-8-7-10-31(44)15-16-34-36-17-19-40(45(36,2)22-20-37(34)44)54-27-9-3-4-13-41(51)49-23-25-50(26-24-49)43(53)35-28-30(14-18-38(35)46)29-39-32-11-5-6-12-33(32)42(52)48-47-39/h5-6,11-12,14,18,28,31,34,36-37,40H,3-4,7-10,13,15-17,19-27,29H2,1-2H3,(H,48,52)/t31-,34+,36+,37+,40?,44+,45+/m1/s1. The van der Waals surface area contributed by atoms with Crippen LogP contribution in [0, 0.1) is 40.3 Å². The van der Waals surface area contributed by atoms with E-state index in [1.807, 2.05) is 17.0 Å². The van der Waals surface area contributed by atoms with Gasteiger partial charge in [-0.15, -0.1) is 0 Å². The Bertz CT molecular complexity index is 1910. The number of nitrogens with one attached hydrogen (secondary N) is 1. The van der Waals surface area contributed by atoms with Crippen LogP contribution in [0.1, 0.15) is 125 Å². The highest BCUT2D eigenvalue weighted by Crippen LogP contribution is 2.66. The second-order valence-electron chi connectivity index (χ2n) is 17.9. The Balaban J connectivity index is 0.762. The molecule has 4 saturated carbocycles. The zero-order chi connectivity index (χ0) is 37.5. The van der Waals surface area contributed by atoms with Crippen molar-refractivity contribution in [1.82, 2.24) is 20.0 Å². The number of hydrogen-bond donors (Lipinski definition) is 1. The summed E-state index contributed by atoms with van der Waals surface area (Å²) in [6.45, 7) is 7.64. The monoisotopic (exact) mass is 738 g/mol. The van der Waals surface area contributed by atoms with Gasteiger partial charge in [0.05, 0.1) is 22.7 Å². The van der Waals surface area contributed by atoms with Gasteiger partial charge in [0, 0.05) is 51.0 Å². The summed E-state index contributed by atoms with van der Waals surface area (Å²) >= 11 is 0. The fourth-order valence-electron chi connectivity index (χ4n) is 12.1. The number of H-pyrrole nitrogens is 1. The largest absolute Gasteiger partial charge is 0.378 e. The van der Waals surface area contributed by atoms with Crippen molar-refractivity contribution in [3.05, 3.63) is 75.5 Å². The predicted octanol–water partition coefficient (Wildman–Crippen LogP) is 8.32. The molecule has 0 bridgehead atoms. The van der Waals surface area contributed by atoms with Crippen molar-refractivity contribution in [3.8, 4) is 0 Å². The second kappa shape index (κ2) is 15.5. The van der Waals surface area contributed by atoms with Gasteiger partial charge >= 0.3 is 0 Å². The lowest BCUT2D eigenvalue weighted by molar-refractivity contribution is -0.133. The summed E-state index contributed by atoms with van der Waals surface area (Å²) in [5, 5.41) is 8.04. The van der Waals surface area contributed by atoms with E-state index in [4.69, 9.17) is 4.74 Å². The van der Waals surface area contributed by atoms with E-state index in [0.29, 0.717) is 67.0 Å². The van der Waals surface area contributed by atoms with E-state index in [1.54, 1.807) is 29.2 Å². The molecule has 1 aliphatic heterocycles. The highest BCUT2D eigenvalue weighted by atomic mass is 19.1. The van der Waals surface area contributed by atoms with Crippen LogP contribution in [0.5, 0.6) is 0 Å². The van der Waals surface area contributed by atoms with Crippen LogP contribution in [-0.2, 0) is 16.0 Å². The van der Waals surface area contributed by atoms with Crippen LogP contribution < -0.4 is 5.56 Å². The van der Waals surface area contributed by atoms with Gasteiger partial charge in [0.1, 0.15) is 5.82 Å². The van der Waals surface area contributed by atoms with Crippen LogP contribution in [0.3, 0.4) is 0 Å². The third kappa shape index (κ3) is 7.03. The Morgan fingerprint density at radius 3 is 2.46 bits per heavy atom. The Morgan fingerprint density at radius 1 is 0.852 bits per heavy atom. The predicted molar refractivity (Wildman–Crippen MR) is 209 cm³/mol. The van der Waals surface area contributed by atoms with Crippen molar-refractivity contribution in [2.75, 3.05) is 32.8 Å². The number of nitrogens with zero attached hydrogens (tertiary/aromatic N) is 3. The fourth-order valence-corrected chi connectivity index (χ4v) is 12.1. The summed E-state index contributed by atoms with van der Waals surface area (Å²) in [4.78, 5) is 42.2. The van der Waals surface area contributed by atoms with Crippen molar-refractivity contribution >= 4 is 22.6 Å². The van der Waals surface area contributed by atoms with E-state index < -0.39 is 5.82 Å². The number of hydrogen-bond acceptors (Lipinski definition) is 5. The molecule has 290 valence electrons. The lowest BCUT2D eigenvalue weighted by atomic mass is 9.45. The zero-order valence-corrected chi connectivity index (χ0v) is 32.4. The minimum Gasteiger partial charge on any atom is -0.378 e. The summed E-state index contributed by atoms with van der Waals surface area (Å²) in [7, 11) is 0. The molecule has 0 radical (unpaired) electrons. The normalized spacial score (nSPS) is 30.8. The average molecular weight is 739 g/mol. The molecule has 1 aromatic heterocycles. The van der Waals surface area contributed by atoms with Crippen molar-refractivity contribution < 1.29 is 18.7 Å². The van der Waals surface area contributed by atoms with Gasteiger partial charge in [-0.05, 0) is 122 Å². The quantitative estimate of drug-likeness (QED) is 0.211. The van der Waals surface area contributed by atoms with Gasteiger partial charge in [-0.25, -0.2) is 9.49 Å². The SMILES string of the molecule is C[C@]12CCCC[C@@H]1CC[C@@H]1[C@@H]2CC[C@]2(C)C(OCCCCCC(=O)N3CCN(C(=O)c4cc(Cc5n[nH]c(=O)c6ccccc56)ccc4F)CC3)CC[C@@H]12. The molecular weight excluding hydrogens is 680 g/mol. The number of piperazine rings is 1. The minimum absolute atomic E-state index is 0.0129. The molecule has 3 aromatic rings. The Hall–Kier alpha value is -3.59. The van der Waals surface area contributed by atoms with Crippen molar-refractivity contribution in [2.45, 2.75) is 116 Å². The highest BCUT2D eigenvalue weighted by molar-refractivity contribution is 5.95. The topological polar surface area (TPSA) is 95.6 Å². The molecule has 5 fully saturated rings.